The van der Waals surface area contributed by atoms with Gasteiger partial charge in [0, 0.05) is 12.6 Å². The van der Waals surface area contributed by atoms with Crippen molar-refractivity contribution in [3.05, 3.63) is 0 Å². The van der Waals surface area contributed by atoms with Crippen LogP contribution < -0.4 is 0 Å². The van der Waals surface area contributed by atoms with E-state index in [2.05, 4.69) is 25.7 Å². The molecule has 1 fully saturated rings. The summed E-state index contributed by atoms with van der Waals surface area (Å²) in [6.07, 6.45) is 7.45. The van der Waals surface area contributed by atoms with Gasteiger partial charge in [0.05, 0.1) is 6.10 Å². The summed E-state index contributed by atoms with van der Waals surface area (Å²) in [5, 5.41) is 9.81. The van der Waals surface area contributed by atoms with Gasteiger partial charge >= 0.3 is 0 Å². The number of hydrogen-bond acceptors (Lipinski definition) is 2. The first-order valence-electron chi connectivity index (χ1n) is 7.05. The summed E-state index contributed by atoms with van der Waals surface area (Å²) in [5.41, 5.74) is 0. The van der Waals surface area contributed by atoms with Gasteiger partial charge in [-0.2, -0.15) is 0 Å². The average molecular weight is 227 g/mol. The Bertz CT molecular complexity index is 176. The van der Waals surface area contributed by atoms with Crippen LogP contribution in [0, 0.1) is 5.92 Å². The molecule has 16 heavy (non-hydrogen) atoms. The first-order chi connectivity index (χ1) is 7.63. The summed E-state index contributed by atoms with van der Waals surface area (Å²) < 4.78 is 0. The molecule has 0 aromatic heterocycles. The van der Waals surface area contributed by atoms with Gasteiger partial charge in [-0.25, -0.2) is 0 Å². The minimum atomic E-state index is -0.132. The normalized spacial score (nSPS) is 19.9. The van der Waals surface area contributed by atoms with Crippen molar-refractivity contribution in [2.75, 3.05) is 13.1 Å². The lowest BCUT2D eigenvalue weighted by atomic mass is 10.1. The molecule has 96 valence electrons. The van der Waals surface area contributed by atoms with Gasteiger partial charge in [-0.1, -0.05) is 33.6 Å². The Labute approximate surface area is 101 Å². The SMILES string of the molecule is CCC(O)CN(CCC(C)C)C1CCCC1. The van der Waals surface area contributed by atoms with Crippen molar-refractivity contribution < 1.29 is 5.11 Å². The Morgan fingerprint density at radius 1 is 1.25 bits per heavy atom. The zero-order chi connectivity index (χ0) is 12.0. The maximum atomic E-state index is 9.81. The van der Waals surface area contributed by atoms with Crippen LogP contribution in [-0.2, 0) is 0 Å². The monoisotopic (exact) mass is 227 g/mol. The fourth-order valence-corrected chi connectivity index (χ4v) is 2.52. The molecular formula is C14H29NO. The molecule has 0 aromatic carbocycles. The Morgan fingerprint density at radius 3 is 2.38 bits per heavy atom. The van der Waals surface area contributed by atoms with Crippen LogP contribution in [0.5, 0.6) is 0 Å². The third kappa shape index (κ3) is 4.84. The molecule has 0 saturated heterocycles. The van der Waals surface area contributed by atoms with Gasteiger partial charge in [-0.05, 0) is 38.1 Å². The summed E-state index contributed by atoms with van der Waals surface area (Å²) >= 11 is 0. The van der Waals surface area contributed by atoms with E-state index in [9.17, 15) is 5.11 Å². The van der Waals surface area contributed by atoms with E-state index in [1.165, 1.54) is 38.6 Å². The van der Waals surface area contributed by atoms with Crippen LogP contribution in [0.1, 0.15) is 59.3 Å². The zero-order valence-corrected chi connectivity index (χ0v) is 11.3. The predicted molar refractivity (Wildman–Crippen MR) is 69.6 cm³/mol. The number of nitrogens with zero attached hydrogens (tertiary/aromatic N) is 1. The van der Waals surface area contributed by atoms with Crippen molar-refractivity contribution in [1.29, 1.82) is 0 Å². The molecule has 0 aromatic rings. The number of aliphatic hydroxyl groups excluding tert-OH is 1. The van der Waals surface area contributed by atoms with Crippen LogP contribution >= 0.6 is 0 Å². The molecule has 2 heteroatoms. The molecule has 1 saturated carbocycles. The second kappa shape index (κ2) is 7.29. The Hall–Kier alpha value is -0.0800. The lowest BCUT2D eigenvalue weighted by Gasteiger charge is -2.31. The summed E-state index contributed by atoms with van der Waals surface area (Å²) in [6.45, 7) is 8.68. The van der Waals surface area contributed by atoms with Crippen LogP contribution in [0.2, 0.25) is 0 Å². The van der Waals surface area contributed by atoms with E-state index in [-0.39, 0.29) is 6.10 Å². The van der Waals surface area contributed by atoms with E-state index in [0.717, 1.165) is 24.9 Å². The lowest BCUT2D eigenvalue weighted by molar-refractivity contribution is 0.0820. The van der Waals surface area contributed by atoms with Gasteiger partial charge in [0.1, 0.15) is 0 Å². The fourth-order valence-electron chi connectivity index (χ4n) is 2.52. The van der Waals surface area contributed by atoms with E-state index < -0.39 is 0 Å². The van der Waals surface area contributed by atoms with Crippen LogP contribution in [0.4, 0.5) is 0 Å². The largest absolute Gasteiger partial charge is 0.392 e. The summed E-state index contributed by atoms with van der Waals surface area (Å²) in [7, 11) is 0. The molecule has 0 amide bonds. The second-order valence-corrected chi connectivity index (χ2v) is 5.68. The van der Waals surface area contributed by atoms with Crippen LogP contribution in [-0.4, -0.2) is 35.2 Å². The first-order valence-corrected chi connectivity index (χ1v) is 7.05. The first kappa shape index (κ1) is 14.0. The zero-order valence-electron chi connectivity index (χ0n) is 11.3. The van der Waals surface area contributed by atoms with Gasteiger partial charge in [-0.15, -0.1) is 0 Å². The predicted octanol–water partition coefficient (Wildman–Crippen LogP) is 3.05. The molecule has 0 radical (unpaired) electrons. The highest BCUT2D eigenvalue weighted by Crippen LogP contribution is 2.24. The number of hydrogen-bond donors (Lipinski definition) is 1. The van der Waals surface area contributed by atoms with Gasteiger partial charge in [0.15, 0.2) is 0 Å². The molecule has 2 nitrogen and oxygen atoms in total. The topological polar surface area (TPSA) is 23.5 Å². The van der Waals surface area contributed by atoms with E-state index in [1.807, 2.05) is 0 Å². The maximum Gasteiger partial charge on any atom is 0.0664 e. The smallest absolute Gasteiger partial charge is 0.0664 e. The second-order valence-electron chi connectivity index (χ2n) is 5.68. The van der Waals surface area contributed by atoms with Crippen molar-refractivity contribution in [2.24, 2.45) is 5.92 Å². The van der Waals surface area contributed by atoms with E-state index in [0.29, 0.717) is 0 Å². The minimum Gasteiger partial charge on any atom is -0.392 e. The van der Waals surface area contributed by atoms with Crippen LogP contribution in [0.15, 0.2) is 0 Å². The van der Waals surface area contributed by atoms with E-state index in [4.69, 9.17) is 0 Å². The molecule has 1 aliphatic carbocycles. The van der Waals surface area contributed by atoms with Crippen LogP contribution in [0.25, 0.3) is 0 Å². The average Bonchev–Trinajstić information content (AvgIpc) is 2.76. The quantitative estimate of drug-likeness (QED) is 0.722. The molecule has 0 aliphatic heterocycles. The standard InChI is InChI=1S/C14H29NO/c1-4-14(16)11-15(10-9-12(2)3)13-7-5-6-8-13/h12-14,16H,4-11H2,1-3H3. The minimum absolute atomic E-state index is 0.132. The third-order valence-corrected chi connectivity index (χ3v) is 3.75. The van der Waals surface area contributed by atoms with Crippen molar-refractivity contribution in [3.63, 3.8) is 0 Å². The summed E-state index contributed by atoms with van der Waals surface area (Å²) in [5.74, 6) is 0.766. The third-order valence-electron chi connectivity index (χ3n) is 3.75. The molecule has 1 rings (SSSR count). The van der Waals surface area contributed by atoms with Crippen molar-refractivity contribution in [1.82, 2.24) is 4.90 Å². The highest BCUT2D eigenvalue weighted by atomic mass is 16.3. The molecule has 1 aliphatic rings. The highest BCUT2D eigenvalue weighted by Gasteiger charge is 2.23. The highest BCUT2D eigenvalue weighted by molar-refractivity contribution is 4.79. The molecule has 0 spiro atoms. The molecule has 1 N–H and O–H groups in total. The molecule has 0 heterocycles. The molecule has 1 atom stereocenters. The Kier molecular flexibility index (Phi) is 6.37. The number of aliphatic hydroxyl groups is 1. The van der Waals surface area contributed by atoms with Crippen molar-refractivity contribution >= 4 is 0 Å². The molecule has 1 unspecified atom stereocenters. The Balaban J connectivity index is 2.40. The summed E-state index contributed by atoms with van der Waals surface area (Å²) in [4.78, 5) is 2.54. The lowest BCUT2D eigenvalue weighted by Crippen LogP contribution is -2.40. The maximum absolute atomic E-state index is 9.81. The van der Waals surface area contributed by atoms with Crippen molar-refractivity contribution in [3.8, 4) is 0 Å². The number of rotatable bonds is 7. The van der Waals surface area contributed by atoms with Gasteiger partial charge in [0.25, 0.3) is 0 Å². The van der Waals surface area contributed by atoms with Gasteiger partial charge in [-0.3, -0.25) is 4.90 Å². The van der Waals surface area contributed by atoms with Crippen LogP contribution in [0.3, 0.4) is 0 Å². The van der Waals surface area contributed by atoms with E-state index >= 15 is 0 Å². The van der Waals surface area contributed by atoms with Crippen molar-refractivity contribution in [2.45, 2.75) is 71.4 Å². The molecular weight excluding hydrogens is 198 g/mol. The summed E-state index contributed by atoms with van der Waals surface area (Å²) in [6, 6.07) is 0.750. The van der Waals surface area contributed by atoms with Gasteiger partial charge < -0.3 is 5.11 Å². The Morgan fingerprint density at radius 2 is 1.88 bits per heavy atom. The fraction of sp³-hybridized carbons (Fsp3) is 1.00. The van der Waals surface area contributed by atoms with E-state index in [1.54, 1.807) is 0 Å². The van der Waals surface area contributed by atoms with Gasteiger partial charge in [0.2, 0.25) is 0 Å². The molecule has 0 bridgehead atoms.